The van der Waals surface area contributed by atoms with Gasteiger partial charge in [0.15, 0.2) is 0 Å². The van der Waals surface area contributed by atoms with Gasteiger partial charge >= 0.3 is 0 Å². The van der Waals surface area contributed by atoms with Crippen LogP contribution in [0.1, 0.15) is 68.2 Å². The summed E-state index contributed by atoms with van der Waals surface area (Å²) < 4.78 is 0. The lowest BCUT2D eigenvalue weighted by Crippen LogP contribution is -2.52. The van der Waals surface area contributed by atoms with Crippen LogP contribution in [0.2, 0.25) is 48.4 Å². The van der Waals surface area contributed by atoms with E-state index in [0.29, 0.717) is 22.9 Å². The third-order valence-corrected chi connectivity index (χ3v) is 26.3. The van der Waals surface area contributed by atoms with Gasteiger partial charge in [0.25, 0.3) is 0 Å². The van der Waals surface area contributed by atoms with Crippen molar-refractivity contribution in [3.05, 3.63) is 107 Å². The molecule has 232 valence electrons. The second kappa shape index (κ2) is 13.2. The zero-order valence-electron chi connectivity index (χ0n) is 29.5. The van der Waals surface area contributed by atoms with Gasteiger partial charge in [-0.25, -0.2) is 0 Å². The SMILES string of the molecule is CCC(C)[Si](C(C)CC)(C1C=C([Si](C)(C)c2ccccc2)C=C1C(C)C)C1C=C([Si](C)(C)c2ccccc2)C=C1C(C)C. The molecule has 0 saturated heterocycles. The van der Waals surface area contributed by atoms with Gasteiger partial charge in [0.05, 0.1) is 8.07 Å². The smallest absolute Gasteiger partial charge is 0.0803 e. The van der Waals surface area contributed by atoms with Gasteiger partial charge in [-0.1, -0.05) is 211 Å². The van der Waals surface area contributed by atoms with Crippen LogP contribution < -0.4 is 10.4 Å². The monoisotopic (exact) mass is 624 g/mol. The molecule has 43 heavy (non-hydrogen) atoms. The van der Waals surface area contributed by atoms with Crippen molar-refractivity contribution in [2.75, 3.05) is 0 Å². The van der Waals surface area contributed by atoms with Gasteiger partial charge in [-0.05, 0) is 34.0 Å². The van der Waals surface area contributed by atoms with E-state index in [9.17, 15) is 0 Å². The van der Waals surface area contributed by atoms with Crippen molar-refractivity contribution in [1.82, 2.24) is 0 Å². The Morgan fingerprint density at radius 2 is 0.860 bits per heavy atom. The topological polar surface area (TPSA) is 0 Å². The Balaban J connectivity index is 1.99. The van der Waals surface area contributed by atoms with Crippen LogP contribution in [-0.2, 0) is 0 Å². The summed E-state index contributed by atoms with van der Waals surface area (Å²) in [6.07, 6.45) is 13.7. The van der Waals surface area contributed by atoms with E-state index in [1.807, 2.05) is 0 Å². The number of allylic oxidation sites excluding steroid dienone is 8. The molecule has 0 spiro atoms. The molecule has 0 aromatic heterocycles. The zero-order chi connectivity index (χ0) is 31.7. The van der Waals surface area contributed by atoms with Crippen LogP contribution in [0.3, 0.4) is 0 Å². The molecule has 0 radical (unpaired) electrons. The van der Waals surface area contributed by atoms with Crippen molar-refractivity contribution in [3.8, 4) is 0 Å². The minimum Gasteiger partial charge on any atom is -0.0803 e. The first-order valence-corrected chi connectivity index (χ1v) is 25.5. The molecule has 0 aliphatic heterocycles. The molecule has 3 heteroatoms. The molecular formula is C40H60Si3. The van der Waals surface area contributed by atoms with Crippen molar-refractivity contribution < 1.29 is 0 Å². The maximum absolute atomic E-state index is 2.88. The van der Waals surface area contributed by atoms with E-state index in [0.717, 1.165) is 11.1 Å². The Kier molecular flexibility index (Phi) is 10.4. The lowest BCUT2D eigenvalue weighted by Gasteiger charge is -2.52. The molecule has 0 saturated carbocycles. The van der Waals surface area contributed by atoms with Crippen LogP contribution >= 0.6 is 0 Å². The molecule has 0 fully saturated rings. The number of hydrogen-bond acceptors (Lipinski definition) is 0. The van der Waals surface area contributed by atoms with Crippen molar-refractivity contribution in [2.45, 2.75) is 117 Å². The first kappa shape index (κ1) is 33.9. The third kappa shape index (κ3) is 6.03. The molecule has 2 aromatic rings. The van der Waals surface area contributed by atoms with E-state index in [1.54, 1.807) is 31.9 Å². The molecule has 2 aliphatic rings. The van der Waals surface area contributed by atoms with E-state index in [2.05, 4.69) is 167 Å². The van der Waals surface area contributed by atoms with Crippen LogP contribution in [-0.4, -0.2) is 24.2 Å². The average molecular weight is 625 g/mol. The Morgan fingerprint density at radius 3 is 1.14 bits per heavy atom. The molecule has 0 amide bonds. The standard InChI is InChI=1S/C40H60Si3/c1-13-31(7)43(32(8)14-2,39-27-35(25-37(39)29(3)4)41(9,10)33-21-17-15-18-22-33)40-28-36(26-38(40)30(5)6)42(11,12)34-23-19-16-20-24-34/h15-32,39-40H,13-14H2,1-12H3. The highest BCUT2D eigenvalue weighted by Crippen LogP contribution is 2.62. The lowest BCUT2D eigenvalue weighted by molar-refractivity contribution is 0.662. The van der Waals surface area contributed by atoms with E-state index >= 15 is 0 Å². The summed E-state index contributed by atoms with van der Waals surface area (Å²) >= 11 is 0. The minimum absolute atomic E-state index is 0.561. The van der Waals surface area contributed by atoms with Crippen molar-refractivity contribution in [1.29, 1.82) is 0 Å². The third-order valence-electron chi connectivity index (χ3n) is 11.8. The Hall–Kier alpha value is -1.95. The molecule has 4 atom stereocenters. The molecule has 2 aliphatic carbocycles. The van der Waals surface area contributed by atoms with E-state index in [1.165, 1.54) is 12.8 Å². The summed E-state index contributed by atoms with van der Waals surface area (Å²) in [5.41, 5.74) is 6.12. The summed E-state index contributed by atoms with van der Waals surface area (Å²) in [7, 11) is -5.73. The number of hydrogen-bond donors (Lipinski definition) is 0. The second-order valence-electron chi connectivity index (χ2n) is 15.4. The minimum atomic E-state index is -2.08. The van der Waals surface area contributed by atoms with Gasteiger partial charge in [0.2, 0.25) is 0 Å². The molecule has 0 N–H and O–H groups in total. The average Bonchev–Trinajstić information content (AvgIpc) is 3.66. The summed E-state index contributed by atoms with van der Waals surface area (Å²) in [6, 6.07) is 22.9. The molecule has 4 unspecified atom stereocenters. The van der Waals surface area contributed by atoms with Crippen LogP contribution in [0.25, 0.3) is 0 Å². The summed E-state index contributed by atoms with van der Waals surface area (Å²) in [5, 5.41) is 6.46. The molecular weight excluding hydrogens is 565 g/mol. The lowest BCUT2D eigenvalue weighted by atomic mass is 10.0. The van der Waals surface area contributed by atoms with Gasteiger partial charge < -0.3 is 0 Å². The van der Waals surface area contributed by atoms with Crippen LogP contribution in [0.15, 0.2) is 107 Å². The number of benzene rings is 2. The number of rotatable bonds is 12. The summed E-state index contributed by atoms with van der Waals surface area (Å²) in [4.78, 5) is 0. The first-order chi connectivity index (χ1) is 20.2. The highest BCUT2D eigenvalue weighted by atomic mass is 28.3. The maximum atomic E-state index is 2.88. The molecule has 0 bridgehead atoms. The fourth-order valence-corrected chi connectivity index (χ4v) is 22.0. The van der Waals surface area contributed by atoms with Crippen LogP contribution in [0, 0.1) is 11.8 Å². The Bertz CT molecular complexity index is 1260. The van der Waals surface area contributed by atoms with Crippen molar-refractivity contribution in [3.63, 3.8) is 0 Å². The zero-order valence-corrected chi connectivity index (χ0v) is 32.5. The summed E-state index contributed by atoms with van der Waals surface area (Å²) in [5.74, 6) is 1.12. The highest BCUT2D eigenvalue weighted by molar-refractivity contribution is 6.97. The van der Waals surface area contributed by atoms with Gasteiger partial charge in [-0.3, -0.25) is 0 Å². The van der Waals surface area contributed by atoms with Gasteiger partial charge in [-0.15, -0.1) is 0 Å². The van der Waals surface area contributed by atoms with Gasteiger partial charge in [0.1, 0.15) is 16.1 Å². The van der Waals surface area contributed by atoms with E-state index in [4.69, 9.17) is 0 Å². The molecule has 0 heterocycles. The fraction of sp³-hybridized carbons (Fsp3) is 0.500. The van der Waals surface area contributed by atoms with Gasteiger partial charge in [0, 0.05) is 0 Å². The summed E-state index contributed by atoms with van der Waals surface area (Å²) in [6.45, 7) is 30.5. The van der Waals surface area contributed by atoms with E-state index < -0.39 is 24.2 Å². The Labute approximate surface area is 268 Å². The predicted octanol–water partition coefficient (Wildman–Crippen LogP) is 11.1. The Morgan fingerprint density at radius 1 is 0.535 bits per heavy atom. The van der Waals surface area contributed by atoms with Gasteiger partial charge in [-0.2, -0.15) is 0 Å². The first-order valence-electron chi connectivity index (χ1n) is 17.2. The van der Waals surface area contributed by atoms with Crippen molar-refractivity contribution >= 4 is 34.6 Å². The molecule has 2 aromatic carbocycles. The van der Waals surface area contributed by atoms with E-state index in [-0.39, 0.29) is 0 Å². The van der Waals surface area contributed by atoms with Crippen LogP contribution in [0.5, 0.6) is 0 Å². The quantitative estimate of drug-likeness (QED) is 0.206. The van der Waals surface area contributed by atoms with Crippen LogP contribution in [0.4, 0.5) is 0 Å². The van der Waals surface area contributed by atoms with Crippen molar-refractivity contribution in [2.24, 2.45) is 11.8 Å². The fourth-order valence-electron chi connectivity index (χ4n) is 8.54. The predicted molar refractivity (Wildman–Crippen MR) is 202 cm³/mol. The molecule has 0 nitrogen and oxygen atoms in total. The molecule has 4 rings (SSSR count). The highest BCUT2D eigenvalue weighted by Gasteiger charge is 2.57. The normalized spacial score (nSPS) is 22.2. The second-order valence-corrected chi connectivity index (χ2v) is 29.4. The largest absolute Gasteiger partial charge is 0.111 e. The maximum Gasteiger partial charge on any atom is 0.111 e.